The summed E-state index contributed by atoms with van der Waals surface area (Å²) >= 11 is 0. The zero-order valence-corrected chi connectivity index (χ0v) is 18.9. The Morgan fingerprint density at radius 3 is 2.27 bits per heavy atom. The van der Waals surface area contributed by atoms with Crippen LogP contribution in [0.15, 0.2) is 78.9 Å². The highest BCUT2D eigenvalue weighted by molar-refractivity contribution is 5.95. The summed E-state index contributed by atoms with van der Waals surface area (Å²) in [6, 6.07) is 24.6. The second-order valence-corrected chi connectivity index (χ2v) is 8.10. The number of nitrogens with zero attached hydrogens (tertiary/aromatic N) is 1. The van der Waals surface area contributed by atoms with Gasteiger partial charge in [-0.3, -0.25) is 9.59 Å². The van der Waals surface area contributed by atoms with Gasteiger partial charge in [-0.25, -0.2) is 0 Å². The normalized spacial score (nSPS) is 17.5. The first-order chi connectivity index (χ1) is 16.1. The van der Waals surface area contributed by atoms with Crippen LogP contribution in [0.5, 0.6) is 11.5 Å². The van der Waals surface area contributed by atoms with E-state index in [2.05, 4.69) is 5.32 Å². The highest BCUT2D eigenvalue weighted by atomic mass is 16.5. The predicted molar refractivity (Wildman–Crippen MR) is 126 cm³/mol. The third-order valence-electron chi connectivity index (χ3n) is 6.11. The molecule has 4 rings (SSSR count). The Morgan fingerprint density at radius 1 is 0.909 bits per heavy atom. The van der Waals surface area contributed by atoms with Gasteiger partial charge >= 0.3 is 0 Å². The van der Waals surface area contributed by atoms with E-state index in [0.29, 0.717) is 36.7 Å². The molecule has 0 aliphatic carbocycles. The van der Waals surface area contributed by atoms with E-state index in [1.807, 2.05) is 66.7 Å². The summed E-state index contributed by atoms with van der Waals surface area (Å²) in [6.07, 6.45) is 0. The smallest absolute Gasteiger partial charge is 0.253 e. The Hall–Kier alpha value is -3.80. The minimum Gasteiger partial charge on any atom is -0.497 e. The Labute approximate surface area is 194 Å². The van der Waals surface area contributed by atoms with Crippen molar-refractivity contribution in [3.63, 3.8) is 0 Å². The average molecular weight is 445 g/mol. The number of hydrogen-bond acceptors (Lipinski definition) is 4. The van der Waals surface area contributed by atoms with Crippen LogP contribution in [-0.2, 0) is 11.3 Å². The van der Waals surface area contributed by atoms with Crippen LogP contribution in [0.2, 0.25) is 0 Å². The molecule has 3 aromatic rings. The van der Waals surface area contributed by atoms with Crippen molar-refractivity contribution in [2.75, 3.05) is 27.3 Å². The molecule has 6 heteroatoms. The molecule has 0 aromatic heterocycles. The number of rotatable bonds is 7. The second kappa shape index (κ2) is 10.2. The summed E-state index contributed by atoms with van der Waals surface area (Å²) in [7, 11) is 3.20. The Bertz CT molecular complexity index is 1100. The number of amides is 2. The molecule has 1 aliphatic rings. The van der Waals surface area contributed by atoms with Crippen LogP contribution in [-0.4, -0.2) is 44.0 Å². The molecule has 0 unspecified atom stereocenters. The van der Waals surface area contributed by atoms with Crippen LogP contribution in [0.4, 0.5) is 0 Å². The summed E-state index contributed by atoms with van der Waals surface area (Å²) < 4.78 is 11.0. The highest BCUT2D eigenvalue weighted by Crippen LogP contribution is 2.39. The van der Waals surface area contributed by atoms with Crippen LogP contribution < -0.4 is 14.8 Å². The number of methoxy groups -OCH3 is 2. The summed E-state index contributed by atoms with van der Waals surface area (Å²) in [5.41, 5.74) is 2.53. The lowest BCUT2D eigenvalue weighted by Gasteiger charge is -2.21. The summed E-state index contributed by atoms with van der Waals surface area (Å²) in [5, 5.41) is 3.06. The summed E-state index contributed by atoms with van der Waals surface area (Å²) in [6.45, 7) is 1.21. The maximum atomic E-state index is 13.3. The van der Waals surface area contributed by atoms with Gasteiger partial charge in [0.25, 0.3) is 5.91 Å². The van der Waals surface area contributed by atoms with Crippen LogP contribution in [0, 0.1) is 5.92 Å². The first-order valence-electron chi connectivity index (χ1n) is 11.0. The number of benzene rings is 3. The molecule has 1 heterocycles. The van der Waals surface area contributed by atoms with Crippen molar-refractivity contribution in [1.29, 1.82) is 0 Å². The zero-order chi connectivity index (χ0) is 23.2. The van der Waals surface area contributed by atoms with Gasteiger partial charge in [-0.15, -0.1) is 0 Å². The highest BCUT2D eigenvalue weighted by Gasteiger charge is 2.41. The largest absolute Gasteiger partial charge is 0.497 e. The van der Waals surface area contributed by atoms with Gasteiger partial charge in [0, 0.05) is 42.7 Å². The van der Waals surface area contributed by atoms with Crippen molar-refractivity contribution in [2.24, 2.45) is 5.92 Å². The van der Waals surface area contributed by atoms with Crippen LogP contribution in [0.3, 0.4) is 0 Å². The van der Waals surface area contributed by atoms with Gasteiger partial charge in [-0.05, 0) is 23.8 Å². The number of nitrogens with one attached hydrogen (secondary N) is 1. The van der Waals surface area contributed by atoms with Gasteiger partial charge in [0.15, 0.2) is 0 Å². The van der Waals surface area contributed by atoms with Gasteiger partial charge in [0.05, 0.1) is 20.1 Å². The van der Waals surface area contributed by atoms with E-state index < -0.39 is 5.92 Å². The van der Waals surface area contributed by atoms with E-state index in [-0.39, 0.29) is 17.7 Å². The Morgan fingerprint density at radius 2 is 1.61 bits per heavy atom. The van der Waals surface area contributed by atoms with E-state index in [1.54, 1.807) is 31.3 Å². The van der Waals surface area contributed by atoms with Gasteiger partial charge in [0.1, 0.15) is 11.5 Å². The van der Waals surface area contributed by atoms with Gasteiger partial charge in [-0.1, -0.05) is 54.6 Å². The molecule has 1 aliphatic heterocycles. The topological polar surface area (TPSA) is 67.9 Å². The SMILES string of the molecule is COc1ccc([C@H]2CN(C(=O)c3ccccc3)C[C@H]2C(=O)NCc2ccccc2)c(OC)c1. The van der Waals surface area contributed by atoms with Crippen molar-refractivity contribution < 1.29 is 19.1 Å². The second-order valence-electron chi connectivity index (χ2n) is 8.10. The molecule has 2 atom stereocenters. The fourth-order valence-electron chi connectivity index (χ4n) is 4.35. The third-order valence-corrected chi connectivity index (χ3v) is 6.11. The first-order valence-corrected chi connectivity index (χ1v) is 11.0. The van der Waals surface area contributed by atoms with E-state index in [4.69, 9.17) is 9.47 Å². The maximum Gasteiger partial charge on any atom is 0.253 e. The van der Waals surface area contributed by atoms with Gasteiger partial charge in [-0.2, -0.15) is 0 Å². The third kappa shape index (κ3) is 5.00. The van der Waals surface area contributed by atoms with Crippen molar-refractivity contribution in [3.05, 3.63) is 95.6 Å². The van der Waals surface area contributed by atoms with Crippen molar-refractivity contribution >= 4 is 11.8 Å². The Balaban J connectivity index is 1.61. The van der Waals surface area contributed by atoms with E-state index >= 15 is 0 Å². The van der Waals surface area contributed by atoms with Crippen molar-refractivity contribution in [1.82, 2.24) is 10.2 Å². The average Bonchev–Trinajstić information content (AvgIpc) is 3.33. The molecule has 6 nitrogen and oxygen atoms in total. The monoisotopic (exact) mass is 444 g/mol. The van der Waals surface area contributed by atoms with E-state index in [9.17, 15) is 9.59 Å². The molecule has 0 radical (unpaired) electrons. The van der Waals surface area contributed by atoms with E-state index in [0.717, 1.165) is 11.1 Å². The first kappa shape index (κ1) is 22.4. The summed E-state index contributed by atoms with van der Waals surface area (Å²) in [5.74, 6) is 0.569. The summed E-state index contributed by atoms with van der Waals surface area (Å²) in [4.78, 5) is 28.2. The van der Waals surface area contributed by atoms with Crippen molar-refractivity contribution in [2.45, 2.75) is 12.5 Å². The zero-order valence-electron chi connectivity index (χ0n) is 18.9. The molecule has 0 bridgehead atoms. The molecular formula is C27H28N2O4. The lowest BCUT2D eigenvalue weighted by molar-refractivity contribution is -0.125. The molecule has 2 amide bonds. The number of ether oxygens (including phenoxy) is 2. The minimum absolute atomic E-state index is 0.0774. The fraction of sp³-hybridized carbons (Fsp3) is 0.259. The standard InChI is InChI=1S/C27H28N2O4/c1-32-21-13-14-22(25(15-21)33-2)23-17-29(27(31)20-11-7-4-8-12-20)18-24(23)26(30)28-16-19-9-5-3-6-10-19/h3-15,23-24H,16-18H2,1-2H3,(H,28,30)/t23-,24-/m1/s1. The Kier molecular flexibility index (Phi) is 6.93. The van der Waals surface area contributed by atoms with Crippen LogP contribution >= 0.6 is 0 Å². The number of likely N-dealkylation sites (tertiary alicyclic amines) is 1. The van der Waals surface area contributed by atoms with Crippen molar-refractivity contribution in [3.8, 4) is 11.5 Å². The minimum atomic E-state index is -0.399. The lowest BCUT2D eigenvalue weighted by Crippen LogP contribution is -2.35. The number of hydrogen-bond donors (Lipinski definition) is 1. The van der Waals surface area contributed by atoms with Crippen LogP contribution in [0.1, 0.15) is 27.4 Å². The molecule has 1 fully saturated rings. The molecular weight excluding hydrogens is 416 g/mol. The molecule has 0 saturated carbocycles. The quantitative estimate of drug-likeness (QED) is 0.601. The van der Waals surface area contributed by atoms with Gasteiger partial charge in [0.2, 0.25) is 5.91 Å². The predicted octanol–water partition coefficient (Wildman–Crippen LogP) is 3.88. The van der Waals surface area contributed by atoms with Gasteiger partial charge < -0.3 is 19.7 Å². The van der Waals surface area contributed by atoms with Crippen LogP contribution in [0.25, 0.3) is 0 Å². The fourth-order valence-corrected chi connectivity index (χ4v) is 4.35. The molecule has 0 spiro atoms. The molecule has 1 N–H and O–H groups in total. The maximum absolute atomic E-state index is 13.3. The molecule has 3 aromatic carbocycles. The molecule has 170 valence electrons. The number of carbonyl (C=O) groups excluding carboxylic acids is 2. The molecule has 33 heavy (non-hydrogen) atoms. The van der Waals surface area contributed by atoms with E-state index in [1.165, 1.54) is 0 Å². The lowest BCUT2D eigenvalue weighted by atomic mass is 9.87. The number of carbonyl (C=O) groups is 2. The molecule has 1 saturated heterocycles.